The molecule has 0 aliphatic carbocycles. The highest BCUT2D eigenvalue weighted by molar-refractivity contribution is 6.18. The summed E-state index contributed by atoms with van der Waals surface area (Å²) in [4.78, 5) is 12.1. The van der Waals surface area contributed by atoms with E-state index in [2.05, 4.69) is 5.32 Å². The van der Waals surface area contributed by atoms with Gasteiger partial charge in [-0.3, -0.25) is 0 Å². The Morgan fingerprint density at radius 2 is 2.00 bits per heavy atom. The molecule has 3 nitrogen and oxygen atoms in total. The summed E-state index contributed by atoms with van der Waals surface area (Å²) in [5.41, 5.74) is 2.08. The van der Waals surface area contributed by atoms with Crippen LogP contribution in [-0.4, -0.2) is 18.1 Å². The third-order valence-corrected chi connectivity index (χ3v) is 2.43. The van der Waals surface area contributed by atoms with Crippen molar-refractivity contribution < 1.29 is 9.53 Å². The zero-order valence-corrected chi connectivity index (χ0v) is 10.4. The molecule has 0 unspecified atom stereocenters. The predicted molar refractivity (Wildman–Crippen MR) is 68.8 cm³/mol. The number of esters is 1. The summed E-state index contributed by atoms with van der Waals surface area (Å²) in [6.45, 7) is 6.28. The number of fused-ring (bicyclic) bond motifs is 1. The largest absolute Gasteiger partial charge is 0.456 e. The summed E-state index contributed by atoms with van der Waals surface area (Å²) in [6.07, 6.45) is 1.87. The Balaban J connectivity index is 2.28. The van der Waals surface area contributed by atoms with E-state index >= 15 is 0 Å². The van der Waals surface area contributed by atoms with Crippen LogP contribution in [0.1, 0.15) is 26.3 Å². The molecule has 1 aromatic rings. The van der Waals surface area contributed by atoms with Crippen LogP contribution in [0.15, 0.2) is 30.3 Å². The molecular weight excluding hydrogens is 214 g/mol. The van der Waals surface area contributed by atoms with Gasteiger partial charge in [0, 0.05) is 17.8 Å². The summed E-state index contributed by atoms with van der Waals surface area (Å²) in [5.74, 6) is -0.258. The third-order valence-electron chi connectivity index (χ3n) is 2.43. The number of ether oxygens (including phenoxy) is 1. The Labute approximate surface area is 101 Å². The third kappa shape index (κ3) is 2.67. The molecule has 1 aliphatic heterocycles. The molecule has 0 saturated carbocycles. The molecular formula is C14H17NO2. The van der Waals surface area contributed by atoms with Gasteiger partial charge in [-0.15, -0.1) is 0 Å². The summed E-state index contributed by atoms with van der Waals surface area (Å²) < 4.78 is 5.40. The van der Waals surface area contributed by atoms with E-state index in [1.165, 1.54) is 0 Å². The van der Waals surface area contributed by atoms with Crippen molar-refractivity contribution in [2.45, 2.75) is 26.4 Å². The number of rotatable bonds is 1. The smallest absolute Gasteiger partial charge is 0.339 e. The molecule has 0 saturated heterocycles. The Hall–Kier alpha value is -1.77. The Morgan fingerprint density at radius 1 is 1.29 bits per heavy atom. The summed E-state index contributed by atoms with van der Waals surface area (Å²) in [7, 11) is 0. The van der Waals surface area contributed by atoms with Crippen LogP contribution in [0.2, 0.25) is 0 Å². The Morgan fingerprint density at radius 3 is 2.71 bits per heavy atom. The molecule has 1 heterocycles. The molecule has 1 aromatic carbocycles. The highest BCUT2D eigenvalue weighted by atomic mass is 16.6. The molecule has 1 N–H and O–H groups in total. The van der Waals surface area contributed by atoms with Gasteiger partial charge in [0.25, 0.3) is 0 Å². The Bertz CT molecular complexity index is 469. The van der Waals surface area contributed by atoms with Crippen LogP contribution in [-0.2, 0) is 9.53 Å². The van der Waals surface area contributed by atoms with Crippen LogP contribution in [0, 0.1) is 0 Å². The molecule has 1 aliphatic rings. The van der Waals surface area contributed by atoms with Gasteiger partial charge < -0.3 is 10.1 Å². The lowest BCUT2D eigenvalue weighted by Crippen LogP contribution is -2.25. The summed E-state index contributed by atoms with van der Waals surface area (Å²) >= 11 is 0. The normalized spacial score (nSPS) is 14.4. The van der Waals surface area contributed by atoms with Crippen molar-refractivity contribution in [1.82, 2.24) is 0 Å². The number of hydrogen-bond acceptors (Lipinski definition) is 3. The molecule has 0 bridgehead atoms. The van der Waals surface area contributed by atoms with Crippen LogP contribution in [0.25, 0.3) is 5.57 Å². The van der Waals surface area contributed by atoms with E-state index in [0.29, 0.717) is 12.1 Å². The molecule has 0 spiro atoms. The molecule has 2 rings (SSSR count). The van der Waals surface area contributed by atoms with Crippen molar-refractivity contribution in [3.8, 4) is 0 Å². The number of hydrogen-bond donors (Lipinski definition) is 1. The van der Waals surface area contributed by atoms with Crippen molar-refractivity contribution in [3.63, 3.8) is 0 Å². The molecule has 0 aromatic heterocycles. The van der Waals surface area contributed by atoms with E-state index in [1.807, 2.05) is 51.1 Å². The minimum absolute atomic E-state index is 0.258. The van der Waals surface area contributed by atoms with Crippen LogP contribution in [0.4, 0.5) is 5.69 Å². The first-order valence-electron chi connectivity index (χ1n) is 5.74. The van der Waals surface area contributed by atoms with Gasteiger partial charge in [-0.05, 0) is 26.8 Å². The monoisotopic (exact) mass is 231 g/mol. The van der Waals surface area contributed by atoms with E-state index in [-0.39, 0.29) is 5.97 Å². The van der Waals surface area contributed by atoms with Crippen molar-refractivity contribution in [3.05, 3.63) is 35.9 Å². The van der Waals surface area contributed by atoms with Gasteiger partial charge in [-0.1, -0.05) is 24.3 Å². The van der Waals surface area contributed by atoms with Crippen molar-refractivity contribution >= 4 is 17.2 Å². The lowest BCUT2D eigenvalue weighted by molar-refractivity contribution is -0.147. The molecule has 3 heteroatoms. The maximum absolute atomic E-state index is 12.1. The van der Waals surface area contributed by atoms with E-state index < -0.39 is 5.60 Å². The fraction of sp³-hybridized carbons (Fsp3) is 0.357. The number of anilines is 1. The van der Waals surface area contributed by atoms with E-state index in [1.54, 1.807) is 0 Å². The molecule has 0 fully saturated rings. The first-order valence-corrected chi connectivity index (χ1v) is 5.74. The maximum atomic E-state index is 12.1. The second-order valence-electron chi connectivity index (χ2n) is 5.05. The number of nitrogens with one attached hydrogen (secondary N) is 1. The van der Waals surface area contributed by atoms with Gasteiger partial charge in [0.2, 0.25) is 0 Å². The zero-order chi connectivity index (χ0) is 12.5. The van der Waals surface area contributed by atoms with Gasteiger partial charge in [0.15, 0.2) is 0 Å². The predicted octanol–water partition coefficient (Wildman–Crippen LogP) is 2.84. The van der Waals surface area contributed by atoms with E-state index in [0.717, 1.165) is 11.3 Å². The first-order chi connectivity index (χ1) is 7.97. The fourth-order valence-electron chi connectivity index (χ4n) is 1.77. The van der Waals surface area contributed by atoms with Gasteiger partial charge in [0.05, 0.1) is 5.57 Å². The minimum atomic E-state index is -0.461. The quantitative estimate of drug-likeness (QED) is 0.755. The van der Waals surface area contributed by atoms with Crippen molar-refractivity contribution in [2.24, 2.45) is 0 Å². The van der Waals surface area contributed by atoms with E-state index in [9.17, 15) is 4.79 Å². The summed E-state index contributed by atoms with van der Waals surface area (Å²) in [5, 5.41) is 3.23. The number of carbonyl (C=O) groups is 1. The Kier molecular flexibility index (Phi) is 2.92. The maximum Gasteiger partial charge on any atom is 0.339 e. The topological polar surface area (TPSA) is 38.3 Å². The average Bonchev–Trinajstić information content (AvgIpc) is 2.26. The average molecular weight is 231 g/mol. The highest BCUT2D eigenvalue weighted by Crippen LogP contribution is 2.28. The van der Waals surface area contributed by atoms with Crippen LogP contribution in [0.3, 0.4) is 0 Å². The van der Waals surface area contributed by atoms with Gasteiger partial charge in [0.1, 0.15) is 5.60 Å². The standard InChI is InChI=1S/C14H17NO2/c1-14(2,3)17-13(16)11-8-9-15-12-7-5-4-6-10(11)12/h4-8,15H,9H2,1-3H3. The number of carbonyl (C=O) groups excluding carboxylic acids is 1. The van der Waals surface area contributed by atoms with Gasteiger partial charge >= 0.3 is 5.97 Å². The lowest BCUT2D eigenvalue weighted by Gasteiger charge is -2.23. The fourth-order valence-corrected chi connectivity index (χ4v) is 1.77. The number of para-hydroxylation sites is 1. The van der Waals surface area contributed by atoms with Gasteiger partial charge in [-0.2, -0.15) is 0 Å². The minimum Gasteiger partial charge on any atom is -0.456 e. The zero-order valence-electron chi connectivity index (χ0n) is 10.4. The molecule has 17 heavy (non-hydrogen) atoms. The lowest BCUT2D eigenvalue weighted by atomic mass is 10.0. The summed E-state index contributed by atoms with van der Waals surface area (Å²) in [6, 6.07) is 7.76. The molecule has 0 amide bonds. The van der Waals surface area contributed by atoms with Crippen LogP contribution < -0.4 is 5.32 Å². The molecule has 0 radical (unpaired) electrons. The molecule has 90 valence electrons. The van der Waals surface area contributed by atoms with Crippen LogP contribution >= 0.6 is 0 Å². The van der Waals surface area contributed by atoms with Crippen molar-refractivity contribution in [1.29, 1.82) is 0 Å². The van der Waals surface area contributed by atoms with Crippen LogP contribution in [0.5, 0.6) is 0 Å². The van der Waals surface area contributed by atoms with Gasteiger partial charge in [-0.25, -0.2) is 4.79 Å². The SMILES string of the molecule is CC(C)(C)OC(=O)C1=CCNc2ccccc21. The van der Waals surface area contributed by atoms with Crippen molar-refractivity contribution in [2.75, 3.05) is 11.9 Å². The van der Waals surface area contributed by atoms with E-state index in [4.69, 9.17) is 4.74 Å². The second-order valence-corrected chi connectivity index (χ2v) is 5.05. The highest BCUT2D eigenvalue weighted by Gasteiger charge is 2.23. The molecule has 0 atom stereocenters. The second kappa shape index (κ2) is 4.24. The first kappa shape index (κ1) is 11.7. The number of benzene rings is 1.